The molecule has 3 nitrogen and oxygen atoms in total. The summed E-state index contributed by atoms with van der Waals surface area (Å²) in [5.41, 5.74) is 0.401. The first-order chi connectivity index (χ1) is 8.26. The smallest absolute Gasteiger partial charge is 0.147 e. The molecular formula is C14H29NO2S. The molecule has 4 heteroatoms. The van der Waals surface area contributed by atoms with E-state index >= 15 is 0 Å². The summed E-state index contributed by atoms with van der Waals surface area (Å²) < 4.78 is 22.4. The van der Waals surface area contributed by atoms with Crippen molar-refractivity contribution in [2.75, 3.05) is 18.6 Å². The molecule has 0 saturated heterocycles. The molecule has 0 aromatic rings. The molecule has 108 valence electrons. The van der Waals surface area contributed by atoms with Gasteiger partial charge < -0.3 is 5.32 Å². The first-order valence-electron chi connectivity index (χ1n) is 7.17. The van der Waals surface area contributed by atoms with Gasteiger partial charge in [0.25, 0.3) is 0 Å². The van der Waals surface area contributed by atoms with Crippen LogP contribution in [0.15, 0.2) is 0 Å². The maximum Gasteiger partial charge on any atom is 0.147 e. The maximum atomic E-state index is 11.2. The van der Waals surface area contributed by atoms with Crippen molar-refractivity contribution in [2.45, 2.75) is 58.9 Å². The SMILES string of the molecule is CCNC(CCCS(C)(=O)=O)C1CCCC1(C)C. The van der Waals surface area contributed by atoms with E-state index in [1.54, 1.807) is 0 Å². The van der Waals surface area contributed by atoms with Gasteiger partial charge in [0.05, 0.1) is 0 Å². The Morgan fingerprint density at radius 2 is 2.06 bits per heavy atom. The van der Waals surface area contributed by atoms with Crippen molar-refractivity contribution in [1.82, 2.24) is 5.32 Å². The topological polar surface area (TPSA) is 46.2 Å². The fourth-order valence-electron chi connectivity index (χ4n) is 3.37. The van der Waals surface area contributed by atoms with E-state index in [1.807, 2.05) is 0 Å². The van der Waals surface area contributed by atoms with Crippen molar-refractivity contribution < 1.29 is 8.42 Å². The van der Waals surface area contributed by atoms with Gasteiger partial charge in [-0.05, 0) is 43.6 Å². The second-order valence-electron chi connectivity index (χ2n) is 6.42. The highest BCUT2D eigenvalue weighted by Gasteiger charge is 2.38. The van der Waals surface area contributed by atoms with Gasteiger partial charge in [-0.15, -0.1) is 0 Å². The first kappa shape index (κ1) is 16.0. The standard InChI is InChI=1S/C14H29NO2S/c1-5-15-13(9-7-11-18(4,16)17)12-8-6-10-14(12,2)3/h12-13,15H,5-11H2,1-4H3. The molecule has 0 aliphatic heterocycles. The minimum Gasteiger partial charge on any atom is -0.314 e. The van der Waals surface area contributed by atoms with E-state index < -0.39 is 9.84 Å². The van der Waals surface area contributed by atoms with Crippen LogP contribution in [0.5, 0.6) is 0 Å². The Labute approximate surface area is 113 Å². The summed E-state index contributed by atoms with van der Waals surface area (Å²) in [6.07, 6.45) is 6.98. The Morgan fingerprint density at radius 3 is 2.50 bits per heavy atom. The zero-order valence-corrected chi connectivity index (χ0v) is 13.1. The average Bonchev–Trinajstić information content (AvgIpc) is 2.55. The van der Waals surface area contributed by atoms with Crippen LogP contribution in [0.2, 0.25) is 0 Å². The van der Waals surface area contributed by atoms with Crippen molar-refractivity contribution in [2.24, 2.45) is 11.3 Å². The van der Waals surface area contributed by atoms with Crippen LogP contribution in [0.3, 0.4) is 0 Å². The molecule has 1 rings (SSSR count). The van der Waals surface area contributed by atoms with Gasteiger partial charge in [0.1, 0.15) is 9.84 Å². The summed E-state index contributed by atoms with van der Waals surface area (Å²) >= 11 is 0. The zero-order chi connectivity index (χ0) is 13.8. The summed E-state index contributed by atoms with van der Waals surface area (Å²) in [4.78, 5) is 0. The molecule has 0 spiro atoms. The first-order valence-corrected chi connectivity index (χ1v) is 9.23. The molecule has 1 fully saturated rings. The highest BCUT2D eigenvalue weighted by Crippen LogP contribution is 2.45. The van der Waals surface area contributed by atoms with Gasteiger partial charge in [-0.3, -0.25) is 0 Å². The Bertz CT molecular complexity index is 349. The molecule has 0 aromatic heterocycles. The molecule has 1 N–H and O–H groups in total. The number of hydrogen-bond acceptors (Lipinski definition) is 3. The zero-order valence-electron chi connectivity index (χ0n) is 12.3. The van der Waals surface area contributed by atoms with Crippen molar-refractivity contribution >= 4 is 9.84 Å². The third-order valence-corrected chi connectivity index (χ3v) is 5.35. The Balaban J connectivity index is 2.54. The van der Waals surface area contributed by atoms with E-state index in [0.717, 1.165) is 19.4 Å². The predicted molar refractivity (Wildman–Crippen MR) is 77.5 cm³/mol. The maximum absolute atomic E-state index is 11.2. The van der Waals surface area contributed by atoms with Gasteiger partial charge in [-0.1, -0.05) is 27.2 Å². The number of sulfone groups is 1. The van der Waals surface area contributed by atoms with Crippen molar-refractivity contribution in [3.05, 3.63) is 0 Å². The van der Waals surface area contributed by atoms with Crippen LogP contribution >= 0.6 is 0 Å². The summed E-state index contributed by atoms with van der Waals surface area (Å²) in [6.45, 7) is 7.80. The number of hydrogen-bond donors (Lipinski definition) is 1. The highest BCUT2D eigenvalue weighted by molar-refractivity contribution is 7.90. The van der Waals surface area contributed by atoms with Gasteiger partial charge in [-0.25, -0.2) is 8.42 Å². The molecule has 1 saturated carbocycles. The van der Waals surface area contributed by atoms with Gasteiger partial charge in [0, 0.05) is 18.1 Å². The minimum absolute atomic E-state index is 0.321. The van der Waals surface area contributed by atoms with Gasteiger partial charge in [-0.2, -0.15) is 0 Å². The van der Waals surface area contributed by atoms with Crippen LogP contribution in [0.4, 0.5) is 0 Å². The normalized spacial score (nSPS) is 25.2. The van der Waals surface area contributed by atoms with Crippen LogP contribution in [-0.2, 0) is 9.84 Å². The number of rotatable bonds is 7. The third-order valence-electron chi connectivity index (χ3n) is 4.32. The molecule has 1 aliphatic rings. The average molecular weight is 275 g/mol. The van der Waals surface area contributed by atoms with E-state index in [1.165, 1.54) is 25.5 Å². The molecule has 2 unspecified atom stereocenters. The van der Waals surface area contributed by atoms with E-state index in [2.05, 4.69) is 26.1 Å². The van der Waals surface area contributed by atoms with Crippen LogP contribution in [-0.4, -0.2) is 33.0 Å². The second kappa shape index (κ2) is 6.38. The molecule has 0 amide bonds. The van der Waals surface area contributed by atoms with Gasteiger partial charge in [0.2, 0.25) is 0 Å². The molecule has 0 radical (unpaired) electrons. The quantitative estimate of drug-likeness (QED) is 0.777. The molecule has 0 bridgehead atoms. The fraction of sp³-hybridized carbons (Fsp3) is 1.00. The molecular weight excluding hydrogens is 246 g/mol. The van der Waals surface area contributed by atoms with E-state index in [0.29, 0.717) is 23.1 Å². The lowest BCUT2D eigenvalue weighted by atomic mass is 9.76. The minimum atomic E-state index is -2.81. The lowest BCUT2D eigenvalue weighted by Gasteiger charge is -2.34. The van der Waals surface area contributed by atoms with E-state index in [-0.39, 0.29) is 0 Å². The molecule has 0 aromatic carbocycles. The lowest BCUT2D eigenvalue weighted by Crippen LogP contribution is -2.41. The van der Waals surface area contributed by atoms with Gasteiger partial charge >= 0.3 is 0 Å². The summed E-state index contributed by atoms with van der Waals surface area (Å²) in [7, 11) is -2.81. The summed E-state index contributed by atoms with van der Waals surface area (Å²) in [6, 6.07) is 0.481. The Morgan fingerprint density at radius 1 is 1.39 bits per heavy atom. The fourth-order valence-corrected chi connectivity index (χ4v) is 4.06. The van der Waals surface area contributed by atoms with E-state index in [9.17, 15) is 8.42 Å². The van der Waals surface area contributed by atoms with Crippen LogP contribution in [0.25, 0.3) is 0 Å². The van der Waals surface area contributed by atoms with Crippen LogP contribution in [0.1, 0.15) is 52.9 Å². The monoisotopic (exact) mass is 275 g/mol. The summed E-state index contributed by atoms with van der Waals surface area (Å²) in [5, 5.41) is 3.57. The predicted octanol–water partition coefficient (Wildman–Crippen LogP) is 2.62. The Kier molecular flexibility index (Phi) is 5.66. The molecule has 0 heterocycles. The number of nitrogens with one attached hydrogen (secondary N) is 1. The molecule has 1 aliphatic carbocycles. The van der Waals surface area contributed by atoms with Crippen molar-refractivity contribution in [3.8, 4) is 0 Å². The summed E-state index contributed by atoms with van der Waals surface area (Å²) in [5.74, 6) is 1.01. The Hall–Kier alpha value is -0.0900. The molecule has 2 atom stereocenters. The third kappa shape index (κ3) is 4.88. The van der Waals surface area contributed by atoms with Crippen molar-refractivity contribution in [1.29, 1.82) is 0 Å². The largest absolute Gasteiger partial charge is 0.314 e. The van der Waals surface area contributed by atoms with Crippen LogP contribution in [0, 0.1) is 11.3 Å². The van der Waals surface area contributed by atoms with Crippen LogP contribution < -0.4 is 5.32 Å². The van der Waals surface area contributed by atoms with Gasteiger partial charge in [0.15, 0.2) is 0 Å². The highest BCUT2D eigenvalue weighted by atomic mass is 32.2. The lowest BCUT2D eigenvalue weighted by molar-refractivity contribution is 0.190. The van der Waals surface area contributed by atoms with E-state index in [4.69, 9.17) is 0 Å². The van der Waals surface area contributed by atoms with Crippen molar-refractivity contribution in [3.63, 3.8) is 0 Å². The molecule has 18 heavy (non-hydrogen) atoms. The second-order valence-corrected chi connectivity index (χ2v) is 8.68.